The van der Waals surface area contributed by atoms with Crippen molar-refractivity contribution < 1.29 is 9.53 Å². The lowest BCUT2D eigenvalue weighted by atomic mass is 9.55. The van der Waals surface area contributed by atoms with Crippen molar-refractivity contribution in [3.8, 4) is 5.75 Å². The Bertz CT molecular complexity index is 611. The summed E-state index contributed by atoms with van der Waals surface area (Å²) < 4.78 is 5.38. The summed E-state index contributed by atoms with van der Waals surface area (Å²) in [4.78, 5) is 11.8. The smallest absolute Gasteiger partial charge is 0.220 e. The summed E-state index contributed by atoms with van der Waals surface area (Å²) >= 11 is 0. The second-order valence-corrected chi connectivity index (χ2v) is 7.52. The van der Waals surface area contributed by atoms with Gasteiger partial charge in [0.05, 0.1) is 7.11 Å². The van der Waals surface area contributed by atoms with Crippen LogP contribution in [0.5, 0.6) is 5.75 Å². The fourth-order valence-corrected chi connectivity index (χ4v) is 5.36. The van der Waals surface area contributed by atoms with Gasteiger partial charge < -0.3 is 10.1 Å². The molecule has 2 aliphatic carbocycles. The molecular weight excluding hydrogens is 274 g/mol. The molecule has 3 nitrogen and oxygen atoms in total. The Morgan fingerprint density at radius 2 is 2.09 bits per heavy atom. The van der Waals surface area contributed by atoms with E-state index in [1.165, 1.54) is 24.0 Å². The zero-order chi connectivity index (χ0) is 15.3. The second-order valence-electron chi connectivity index (χ2n) is 7.52. The first-order chi connectivity index (χ1) is 10.6. The van der Waals surface area contributed by atoms with Crippen LogP contribution in [0.1, 0.15) is 56.1 Å². The van der Waals surface area contributed by atoms with E-state index in [2.05, 4.69) is 30.4 Å². The zero-order valence-electron chi connectivity index (χ0n) is 13.5. The minimum Gasteiger partial charge on any atom is -0.497 e. The van der Waals surface area contributed by atoms with Crippen molar-refractivity contribution >= 4 is 5.91 Å². The molecule has 0 bridgehead atoms. The molecule has 0 aromatic heterocycles. The summed E-state index contributed by atoms with van der Waals surface area (Å²) in [5, 5.41) is 3.31. The number of amides is 1. The average molecular weight is 299 g/mol. The summed E-state index contributed by atoms with van der Waals surface area (Å²) in [6.45, 7) is 2.27. The highest BCUT2D eigenvalue weighted by atomic mass is 16.5. The Kier molecular flexibility index (Phi) is 3.21. The third kappa shape index (κ3) is 2.05. The van der Waals surface area contributed by atoms with E-state index in [0.717, 1.165) is 30.9 Å². The molecule has 118 valence electrons. The maximum Gasteiger partial charge on any atom is 0.220 e. The molecule has 1 aliphatic heterocycles. The van der Waals surface area contributed by atoms with Crippen LogP contribution in [-0.4, -0.2) is 18.6 Å². The maximum absolute atomic E-state index is 11.8. The summed E-state index contributed by atoms with van der Waals surface area (Å²) in [6.07, 6.45) is 6.47. The Morgan fingerprint density at radius 1 is 1.23 bits per heavy atom. The number of aryl methyl sites for hydroxylation is 1. The summed E-state index contributed by atoms with van der Waals surface area (Å²) in [7, 11) is 1.74. The van der Waals surface area contributed by atoms with Gasteiger partial charge in [0.25, 0.3) is 0 Å². The predicted octanol–water partition coefficient (Wildman–Crippen LogP) is 3.42. The number of carbonyl (C=O) groups excluding carboxylic acids is 1. The van der Waals surface area contributed by atoms with Crippen molar-refractivity contribution in [1.29, 1.82) is 0 Å². The van der Waals surface area contributed by atoms with Crippen molar-refractivity contribution in [2.75, 3.05) is 7.11 Å². The number of hydrogen-bond donors (Lipinski definition) is 1. The van der Waals surface area contributed by atoms with Crippen LogP contribution in [0.3, 0.4) is 0 Å². The molecule has 1 saturated carbocycles. The highest BCUT2D eigenvalue weighted by Crippen LogP contribution is 2.53. The average Bonchev–Trinajstić information content (AvgIpc) is 2.52. The van der Waals surface area contributed by atoms with Gasteiger partial charge >= 0.3 is 0 Å². The summed E-state index contributed by atoms with van der Waals surface area (Å²) in [5.41, 5.74) is 3.04. The van der Waals surface area contributed by atoms with Gasteiger partial charge in [-0.25, -0.2) is 0 Å². The quantitative estimate of drug-likeness (QED) is 0.863. The van der Waals surface area contributed by atoms with E-state index in [4.69, 9.17) is 4.74 Å². The monoisotopic (exact) mass is 299 g/mol. The lowest BCUT2D eigenvalue weighted by Gasteiger charge is -2.54. The van der Waals surface area contributed by atoms with E-state index in [1.54, 1.807) is 7.11 Å². The predicted molar refractivity (Wildman–Crippen MR) is 86.1 cm³/mol. The number of fused-ring (bicyclic) bond motifs is 5. The van der Waals surface area contributed by atoms with Gasteiger partial charge in [0, 0.05) is 12.0 Å². The molecule has 3 heteroatoms. The topological polar surface area (TPSA) is 38.3 Å². The largest absolute Gasteiger partial charge is 0.497 e. The third-order valence-corrected chi connectivity index (χ3v) is 6.43. The number of ether oxygens (including phenoxy) is 1. The van der Waals surface area contributed by atoms with Crippen LogP contribution in [0.15, 0.2) is 18.2 Å². The molecule has 22 heavy (non-hydrogen) atoms. The third-order valence-electron chi connectivity index (χ3n) is 6.43. The first-order valence-electron chi connectivity index (χ1n) is 8.58. The standard InChI is InChI=1S/C19H25NO2/c1-19-10-9-15-14-6-4-13(22-2)11-12(14)3-5-16(15)17(19)7-8-18(21)20-19/h4,6,11,15-17H,3,5,7-10H2,1-2H3,(H,20,21)/t15-,16-,17+,19-/m1/s1. The van der Waals surface area contributed by atoms with Crippen molar-refractivity contribution in [3.63, 3.8) is 0 Å². The number of nitrogens with one attached hydrogen (secondary N) is 1. The molecule has 1 aromatic rings. The van der Waals surface area contributed by atoms with Gasteiger partial charge in [0.1, 0.15) is 5.75 Å². The van der Waals surface area contributed by atoms with Crippen LogP contribution in [0, 0.1) is 11.8 Å². The maximum atomic E-state index is 11.8. The summed E-state index contributed by atoms with van der Waals surface area (Å²) in [6, 6.07) is 6.62. The van der Waals surface area contributed by atoms with Crippen LogP contribution < -0.4 is 10.1 Å². The Hall–Kier alpha value is -1.51. The molecule has 4 rings (SSSR count). The lowest BCUT2D eigenvalue weighted by molar-refractivity contribution is -0.129. The molecule has 0 unspecified atom stereocenters. The van der Waals surface area contributed by atoms with Crippen LogP contribution in [0.25, 0.3) is 0 Å². The van der Waals surface area contributed by atoms with Crippen molar-refractivity contribution in [3.05, 3.63) is 29.3 Å². The van der Waals surface area contributed by atoms with E-state index in [9.17, 15) is 4.79 Å². The van der Waals surface area contributed by atoms with Gasteiger partial charge in [-0.3, -0.25) is 4.79 Å². The molecule has 4 atom stereocenters. The normalized spacial score (nSPS) is 36.6. The van der Waals surface area contributed by atoms with Crippen LogP contribution in [0.2, 0.25) is 0 Å². The van der Waals surface area contributed by atoms with Gasteiger partial charge in [-0.1, -0.05) is 6.07 Å². The fourth-order valence-electron chi connectivity index (χ4n) is 5.36. The van der Waals surface area contributed by atoms with E-state index in [0.29, 0.717) is 18.3 Å². The van der Waals surface area contributed by atoms with Gasteiger partial charge in [0.15, 0.2) is 0 Å². The summed E-state index contributed by atoms with van der Waals surface area (Å²) in [5.74, 6) is 3.25. The number of hydrogen-bond acceptors (Lipinski definition) is 2. The molecule has 0 spiro atoms. The van der Waals surface area contributed by atoms with Crippen LogP contribution in [-0.2, 0) is 11.2 Å². The minimum absolute atomic E-state index is 0.0282. The van der Waals surface area contributed by atoms with E-state index < -0.39 is 0 Å². The second kappa shape index (κ2) is 5.00. The highest BCUT2D eigenvalue weighted by Gasteiger charge is 2.50. The first kappa shape index (κ1) is 14.1. The molecule has 1 N–H and O–H groups in total. The number of benzene rings is 1. The molecule has 1 amide bonds. The van der Waals surface area contributed by atoms with Gasteiger partial charge in [-0.05, 0) is 80.0 Å². The number of methoxy groups -OCH3 is 1. The van der Waals surface area contributed by atoms with Crippen LogP contribution >= 0.6 is 0 Å². The van der Waals surface area contributed by atoms with Crippen molar-refractivity contribution in [2.45, 2.75) is 56.9 Å². The van der Waals surface area contributed by atoms with Gasteiger partial charge in [0.2, 0.25) is 5.91 Å². The van der Waals surface area contributed by atoms with E-state index in [-0.39, 0.29) is 11.4 Å². The number of piperidine rings is 1. The number of rotatable bonds is 1. The molecule has 1 saturated heterocycles. The SMILES string of the molecule is COc1ccc2c(c1)CC[C@@H]1[C@@H]2CC[C@@]2(C)NC(=O)CC[C@@H]12. The molecule has 3 aliphatic rings. The van der Waals surface area contributed by atoms with Crippen molar-refractivity contribution in [1.82, 2.24) is 5.32 Å². The highest BCUT2D eigenvalue weighted by molar-refractivity contribution is 5.77. The lowest BCUT2D eigenvalue weighted by Crippen LogP contribution is -2.60. The Labute approximate surface area is 132 Å². The first-order valence-corrected chi connectivity index (χ1v) is 8.58. The molecule has 1 aromatic carbocycles. The Balaban J connectivity index is 1.66. The Morgan fingerprint density at radius 3 is 2.91 bits per heavy atom. The molecule has 2 fully saturated rings. The molecular formula is C19H25NO2. The number of carbonyl (C=O) groups is 1. The van der Waals surface area contributed by atoms with E-state index in [1.807, 2.05) is 0 Å². The van der Waals surface area contributed by atoms with Gasteiger partial charge in [-0.2, -0.15) is 0 Å². The van der Waals surface area contributed by atoms with Crippen molar-refractivity contribution in [2.24, 2.45) is 11.8 Å². The van der Waals surface area contributed by atoms with Crippen LogP contribution in [0.4, 0.5) is 0 Å². The minimum atomic E-state index is 0.0282. The molecule has 1 heterocycles. The fraction of sp³-hybridized carbons (Fsp3) is 0.632. The van der Waals surface area contributed by atoms with Gasteiger partial charge in [-0.15, -0.1) is 0 Å². The van der Waals surface area contributed by atoms with E-state index >= 15 is 0 Å². The molecule has 0 radical (unpaired) electrons. The zero-order valence-corrected chi connectivity index (χ0v) is 13.5.